The minimum Gasteiger partial charge on any atom is -0.412 e. The molecule has 7 nitrogen and oxygen atoms in total. The number of anilines is 1. The van der Waals surface area contributed by atoms with Crippen LogP contribution >= 0.6 is 11.8 Å². The minimum absolute atomic E-state index is 0.00202. The average Bonchev–Trinajstić information content (AvgIpc) is 3.08. The van der Waals surface area contributed by atoms with Crippen molar-refractivity contribution in [2.45, 2.75) is 39.0 Å². The number of aromatic nitrogens is 3. The van der Waals surface area contributed by atoms with Gasteiger partial charge in [0.05, 0.1) is 5.52 Å². The smallest absolute Gasteiger partial charge is 0.278 e. The van der Waals surface area contributed by atoms with Gasteiger partial charge in [0.25, 0.3) is 5.24 Å². The van der Waals surface area contributed by atoms with Gasteiger partial charge in [0.1, 0.15) is 23.5 Å². The maximum atomic E-state index is 11.3. The largest absolute Gasteiger partial charge is 0.412 e. The molecule has 2 aromatic heterocycles. The highest BCUT2D eigenvalue weighted by Crippen LogP contribution is 2.28. The summed E-state index contributed by atoms with van der Waals surface area (Å²) in [6, 6.07) is 7.90. The number of thioether (sulfide) groups is 1. The van der Waals surface area contributed by atoms with E-state index in [1.807, 2.05) is 29.0 Å². The molecule has 0 spiro atoms. The Labute approximate surface area is 169 Å². The van der Waals surface area contributed by atoms with E-state index in [1.165, 1.54) is 11.8 Å². The number of pyridine rings is 1. The number of nitrogens with two attached hydrogens (primary N) is 1. The number of carbonyl (C=O) groups excluding carboxylic acids is 1. The highest BCUT2D eigenvalue weighted by Gasteiger charge is 2.18. The van der Waals surface area contributed by atoms with Gasteiger partial charge < -0.3 is 15.9 Å². The summed E-state index contributed by atoms with van der Waals surface area (Å²) in [4.78, 5) is 26.6. The lowest BCUT2D eigenvalue weighted by molar-refractivity contribution is 0.109. The third-order valence-corrected chi connectivity index (χ3v) is 5.06. The van der Waals surface area contributed by atoms with Crippen molar-refractivity contribution in [1.82, 2.24) is 20.0 Å². The van der Waals surface area contributed by atoms with Gasteiger partial charge in [0.15, 0.2) is 5.82 Å². The molecule has 0 aliphatic heterocycles. The number of nitrogen functional groups attached to an aromatic ring is 1. The van der Waals surface area contributed by atoms with Crippen LogP contribution in [0.25, 0.3) is 21.9 Å². The minimum atomic E-state index is -0.00202. The van der Waals surface area contributed by atoms with E-state index in [9.17, 15) is 4.79 Å². The summed E-state index contributed by atoms with van der Waals surface area (Å²) < 4.78 is 1.84. The number of hydrogen-bond acceptors (Lipinski definition) is 6. The predicted octanol–water partition coefficient (Wildman–Crippen LogP) is 3.79. The van der Waals surface area contributed by atoms with Crippen LogP contribution in [-0.4, -0.2) is 39.3 Å². The molecule has 0 atom stereocenters. The SMILES string of the molecule is CCCCc1nc2c(N)nc3ccccc3c2n1OCCCCNC(=O)SC. The number of carbonyl (C=O) groups is 1. The number of benzene rings is 1. The van der Waals surface area contributed by atoms with Crippen LogP contribution in [0.15, 0.2) is 24.3 Å². The predicted molar refractivity (Wildman–Crippen MR) is 116 cm³/mol. The molecule has 3 rings (SSSR count). The molecule has 3 aromatic rings. The zero-order valence-corrected chi connectivity index (χ0v) is 17.2. The summed E-state index contributed by atoms with van der Waals surface area (Å²) >= 11 is 1.19. The van der Waals surface area contributed by atoms with Crippen molar-refractivity contribution in [3.63, 3.8) is 0 Å². The molecule has 0 fully saturated rings. The van der Waals surface area contributed by atoms with E-state index in [0.29, 0.717) is 24.5 Å². The molecule has 0 saturated carbocycles. The molecule has 0 saturated heterocycles. The maximum absolute atomic E-state index is 11.3. The first-order chi connectivity index (χ1) is 13.7. The van der Waals surface area contributed by atoms with Gasteiger partial charge in [-0.2, -0.15) is 4.73 Å². The van der Waals surface area contributed by atoms with E-state index < -0.39 is 0 Å². The highest BCUT2D eigenvalue weighted by molar-refractivity contribution is 8.12. The fraction of sp³-hybridized carbons (Fsp3) is 0.450. The van der Waals surface area contributed by atoms with Crippen LogP contribution in [0, 0.1) is 0 Å². The Bertz CT molecular complexity index is 957. The lowest BCUT2D eigenvalue weighted by Crippen LogP contribution is -2.21. The summed E-state index contributed by atoms with van der Waals surface area (Å²) in [6.45, 7) is 3.34. The van der Waals surface area contributed by atoms with Crippen molar-refractivity contribution in [2.24, 2.45) is 0 Å². The van der Waals surface area contributed by atoms with Gasteiger partial charge in [-0.3, -0.25) is 4.79 Å². The number of para-hydroxylation sites is 1. The summed E-state index contributed by atoms with van der Waals surface area (Å²) in [5.74, 6) is 1.30. The Morgan fingerprint density at radius 1 is 1.25 bits per heavy atom. The van der Waals surface area contributed by atoms with E-state index in [2.05, 4.69) is 17.2 Å². The van der Waals surface area contributed by atoms with Crippen molar-refractivity contribution < 1.29 is 9.63 Å². The zero-order valence-electron chi connectivity index (χ0n) is 16.4. The molecule has 150 valence electrons. The summed E-state index contributed by atoms with van der Waals surface area (Å²) in [5, 5.41) is 3.83. The van der Waals surface area contributed by atoms with Gasteiger partial charge in [0.2, 0.25) is 0 Å². The Balaban J connectivity index is 1.83. The molecular weight excluding hydrogens is 374 g/mol. The normalized spacial score (nSPS) is 11.2. The van der Waals surface area contributed by atoms with Gasteiger partial charge in [-0.05, 0) is 31.6 Å². The Hall–Kier alpha value is -2.48. The lowest BCUT2D eigenvalue weighted by atomic mass is 10.2. The van der Waals surface area contributed by atoms with E-state index >= 15 is 0 Å². The molecule has 28 heavy (non-hydrogen) atoms. The topological polar surface area (TPSA) is 95.1 Å². The molecule has 0 radical (unpaired) electrons. The number of nitrogens with zero attached hydrogens (tertiary/aromatic N) is 3. The second-order valence-corrected chi connectivity index (χ2v) is 7.38. The molecule has 3 N–H and O–H groups in total. The summed E-state index contributed by atoms with van der Waals surface area (Å²) in [7, 11) is 0. The first-order valence-corrected chi connectivity index (χ1v) is 10.9. The van der Waals surface area contributed by atoms with Crippen LogP contribution in [0.4, 0.5) is 10.6 Å². The van der Waals surface area contributed by atoms with E-state index in [0.717, 1.165) is 54.3 Å². The van der Waals surface area contributed by atoms with E-state index in [-0.39, 0.29) is 5.24 Å². The number of amides is 1. The van der Waals surface area contributed by atoms with Crippen LogP contribution in [-0.2, 0) is 6.42 Å². The fourth-order valence-electron chi connectivity index (χ4n) is 3.10. The van der Waals surface area contributed by atoms with Crippen LogP contribution in [0.3, 0.4) is 0 Å². The van der Waals surface area contributed by atoms with Gasteiger partial charge in [0, 0.05) is 18.4 Å². The molecule has 0 unspecified atom stereocenters. The molecule has 0 bridgehead atoms. The number of unbranched alkanes of at least 4 members (excludes halogenated alkanes) is 2. The Kier molecular flexibility index (Phi) is 6.97. The molecular formula is C20H27N5O2S. The third kappa shape index (κ3) is 4.49. The number of fused-ring (bicyclic) bond motifs is 3. The molecule has 2 heterocycles. The number of nitrogens with one attached hydrogen (secondary N) is 1. The first kappa shape index (κ1) is 20.3. The third-order valence-electron chi connectivity index (χ3n) is 4.55. The molecule has 0 aliphatic rings. The van der Waals surface area contributed by atoms with Crippen molar-refractivity contribution >= 4 is 44.8 Å². The fourth-order valence-corrected chi connectivity index (χ4v) is 3.35. The monoisotopic (exact) mass is 401 g/mol. The highest BCUT2D eigenvalue weighted by atomic mass is 32.2. The molecule has 1 amide bonds. The summed E-state index contributed by atoms with van der Waals surface area (Å²) in [6.07, 6.45) is 6.38. The standard InChI is InChI=1S/C20H27N5O2S/c1-3-4-11-16-24-17-18(14-9-5-6-10-15(14)23-19(17)21)25(16)27-13-8-7-12-22-20(26)28-2/h5-6,9-10H,3-4,7-8,11-13H2,1-2H3,(H2,21,23)(H,22,26). The van der Waals surface area contributed by atoms with E-state index in [1.54, 1.807) is 6.26 Å². The Morgan fingerprint density at radius 2 is 2.07 bits per heavy atom. The van der Waals surface area contributed by atoms with Gasteiger partial charge in [-0.25, -0.2) is 9.97 Å². The molecule has 0 aliphatic carbocycles. The van der Waals surface area contributed by atoms with Crippen molar-refractivity contribution in [2.75, 3.05) is 25.1 Å². The van der Waals surface area contributed by atoms with Crippen LogP contribution in [0.5, 0.6) is 0 Å². The Morgan fingerprint density at radius 3 is 2.86 bits per heavy atom. The maximum Gasteiger partial charge on any atom is 0.278 e. The van der Waals surface area contributed by atoms with Crippen LogP contribution in [0.2, 0.25) is 0 Å². The van der Waals surface area contributed by atoms with Gasteiger partial charge in [-0.1, -0.05) is 43.3 Å². The summed E-state index contributed by atoms with van der Waals surface area (Å²) in [5.41, 5.74) is 8.59. The second-order valence-electron chi connectivity index (χ2n) is 6.60. The first-order valence-electron chi connectivity index (χ1n) is 9.66. The second kappa shape index (κ2) is 9.64. The lowest BCUT2D eigenvalue weighted by Gasteiger charge is -2.12. The van der Waals surface area contributed by atoms with Crippen molar-refractivity contribution in [1.29, 1.82) is 0 Å². The van der Waals surface area contributed by atoms with Gasteiger partial charge in [-0.15, -0.1) is 0 Å². The van der Waals surface area contributed by atoms with E-state index in [4.69, 9.17) is 15.6 Å². The zero-order chi connectivity index (χ0) is 19.9. The molecule has 1 aromatic carbocycles. The number of hydrogen-bond donors (Lipinski definition) is 2. The van der Waals surface area contributed by atoms with Crippen LogP contribution in [0.1, 0.15) is 38.4 Å². The molecule has 8 heteroatoms. The van der Waals surface area contributed by atoms with Gasteiger partial charge >= 0.3 is 0 Å². The number of aryl methyl sites for hydroxylation is 1. The average molecular weight is 402 g/mol. The number of imidazole rings is 1. The number of rotatable bonds is 9. The van der Waals surface area contributed by atoms with Crippen LogP contribution < -0.4 is 15.9 Å². The van der Waals surface area contributed by atoms with Crippen molar-refractivity contribution in [3.8, 4) is 0 Å². The quantitative estimate of drug-likeness (QED) is 0.530. The van der Waals surface area contributed by atoms with Crippen molar-refractivity contribution in [3.05, 3.63) is 30.1 Å².